The number of esters is 1. The van der Waals surface area contributed by atoms with Crippen LogP contribution in [0, 0.1) is 0 Å². The van der Waals surface area contributed by atoms with Crippen LogP contribution >= 0.6 is 0 Å². The predicted octanol–water partition coefficient (Wildman–Crippen LogP) is 1.63. The number of carbonyl (C=O) groups is 1. The van der Waals surface area contributed by atoms with Crippen molar-refractivity contribution in [2.75, 3.05) is 6.61 Å². The summed E-state index contributed by atoms with van der Waals surface area (Å²) in [6.07, 6.45) is -2.65. The standard InChI is InChI=1S/C5H5F3O2/c1-2-10-5(9)3(6)4(7)8/h2H2,1H3. The molecule has 0 amide bonds. The number of ether oxygens (including phenoxy) is 1. The number of hydrogen-bond acceptors (Lipinski definition) is 2. The molecule has 0 aliphatic rings. The zero-order chi connectivity index (χ0) is 8.15. The first-order valence-corrected chi connectivity index (χ1v) is 2.47. The van der Waals surface area contributed by atoms with E-state index >= 15 is 0 Å². The molecule has 58 valence electrons. The molecular formula is C5H5F3O2. The Morgan fingerprint density at radius 1 is 1.40 bits per heavy atom. The second-order valence-corrected chi connectivity index (χ2v) is 1.29. The van der Waals surface area contributed by atoms with E-state index in [0.29, 0.717) is 0 Å². The Labute approximate surface area is 55.3 Å². The largest absolute Gasteiger partial charge is 0.461 e. The van der Waals surface area contributed by atoms with Crippen LogP contribution in [0.3, 0.4) is 0 Å². The molecule has 0 aliphatic carbocycles. The third-order valence-corrected chi connectivity index (χ3v) is 0.621. The molecule has 0 heterocycles. The predicted molar refractivity (Wildman–Crippen MR) is 27.0 cm³/mol. The lowest BCUT2D eigenvalue weighted by Crippen LogP contribution is -2.04. The molecule has 0 aliphatic heterocycles. The van der Waals surface area contributed by atoms with Gasteiger partial charge in [-0.15, -0.1) is 0 Å². The van der Waals surface area contributed by atoms with Crippen molar-refractivity contribution < 1.29 is 22.7 Å². The highest BCUT2D eigenvalue weighted by Crippen LogP contribution is 2.09. The maximum absolute atomic E-state index is 11.8. The third kappa shape index (κ3) is 2.52. The molecule has 5 heteroatoms. The van der Waals surface area contributed by atoms with Crippen LogP contribution < -0.4 is 0 Å². The van der Waals surface area contributed by atoms with Gasteiger partial charge in [0.25, 0.3) is 5.83 Å². The second-order valence-electron chi connectivity index (χ2n) is 1.29. The van der Waals surface area contributed by atoms with Crippen molar-refractivity contribution in [3.05, 3.63) is 11.9 Å². The molecule has 0 aromatic carbocycles. The van der Waals surface area contributed by atoms with E-state index in [-0.39, 0.29) is 6.61 Å². The summed E-state index contributed by atoms with van der Waals surface area (Å²) in [6, 6.07) is 0. The van der Waals surface area contributed by atoms with Gasteiger partial charge in [0.2, 0.25) is 0 Å². The number of rotatable bonds is 2. The van der Waals surface area contributed by atoms with E-state index in [1.54, 1.807) is 0 Å². The highest BCUT2D eigenvalue weighted by molar-refractivity contribution is 5.86. The topological polar surface area (TPSA) is 26.3 Å². The Bertz CT molecular complexity index is 160. The van der Waals surface area contributed by atoms with E-state index in [1.165, 1.54) is 6.92 Å². The Morgan fingerprint density at radius 3 is 2.20 bits per heavy atom. The molecule has 0 atom stereocenters. The van der Waals surface area contributed by atoms with Gasteiger partial charge in [-0.1, -0.05) is 0 Å². The van der Waals surface area contributed by atoms with Gasteiger partial charge in [0.15, 0.2) is 0 Å². The zero-order valence-electron chi connectivity index (χ0n) is 5.16. The molecule has 0 saturated heterocycles. The van der Waals surface area contributed by atoms with Crippen molar-refractivity contribution in [3.63, 3.8) is 0 Å². The summed E-state index contributed by atoms with van der Waals surface area (Å²) in [4.78, 5) is 10.0. The molecular weight excluding hydrogens is 149 g/mol. The van der Waals surface area contributed by atoms with Gasteiger partial charge in [-0.05, 0) is 6.92 Å². The summed E-state index contributed by atoms with van der Waals surface area (Å²) in [7, 11) is 0. The van der Waals surface area contributed by atoms with E-state index in [4.69, 9.17) is 0 Å². The summed E-state index contributed by atoms with van der Waals surface area (Å²) in [5, 5.41) is 0. The molecule has 0 aromatic heterocycles. The molecule has 0 saturated carbocycles. The molecule has 0 N–H and O–H groups in total. The second kappa shape index (κ2) is 3.92. The van der Waals surface area contributed by atoms with E-state index in [1.807, 2.05) is 0 Å². The van der Waals surface area contributed by atoms with Crippen molar-refractivity contribution in [2.24, 2.45) is 0 Å². The summed E-state index contributed by atoms with van der Waals surface area (Å²) < 4.78 is 38.1. The van der Waals surface area contributed by atoms with Crippen LogP contribution in [0.25, 0.3) is 0 Å². The van der Waals surface area contributed by atoms with Crippen LogP contribution in [0.15, 0.2) is 11.9 Å². The average molecular weight is 154 g/mol. The van der Waals surface area contributed by atoms with Gasteiger partial charge in [0.05, 0.1) is 6.61 Å². The lowest BCUT2D eigenvalue weighted by Gasteiger charge is -1.95. The molecule has 0 bridgehead atoms. The van der Waals surface area contributed by atoms with Crippen molar-refractivity contribution in [1.29, 1.82) is 0 Å². The quantitative estimate of drug-likeness (QED) is 0.446. The molecule has 10 heavy (non-hydrogen) atoms. The van der Waals surface area contributed by atoms with Gasteiger partial charge in [0, 0.05) is 0 Å². The molecule has 2 nitrogen and oxygen atoms in total. The SMILES string of the molecule is CCOC(=O)C(F)=C(F)F. The molecule has 0 spiro atoms. The number of carbonyl (C=O) groups excluding carboxylic acids is 1. The zero-order valence-corrected chi connectivity index (χ0v) is 5.16. The van der Waals surface area contributed by atoms with Crippen LogP contribution in [-0.2, 0) is 9.53 Å². The van der Waals surface area contributed by atoms with E-state index in [0.717, 1.165) is 0 Å². The van der Waals surface area contributed by atoms with Crippen LogP contribution in [0.2, 0.25) is 0 Å². The summed E-state index contributed by atoms with van der Waals surface area (Å²) >= 11 is 0. The number of halogens is 3. The van der Waals surface area contributed by atoms with Gasteiger partial charge in [-0.25, -0.2) is 4.79 Å². The first-order chi connectivity index (χ1) is 4.59. The third-order valence-electron chi connectivity index (χ3n) is 0.621. The van der Waals surface area contributed by atoms with Crippen molar-refractivity contribution >= 4 is 5.97 Å². The Hall–Kier alpha value is -1.00. The van der Waals surface area contributed by atoms with Crippen LogP contribution in [-0.4, -0.2) is 12.6 Å². The minimum atomic E-state index is -2.65. The summed E-state index contributed by atoms with van der Waals surface area (Å²) in [5.74, 6) is -3.75. The smallest absolute Gasteiger partial charge is 0.372 e. The molecule has 0 aromatic rings. The first-order valence-electron chi connectivity index (χ1n) is 2.47. The van der Waals surface area contributed by atoms with Gasteiger partial charge >= 0.3 is 12.0 Å². The average Bonchev–Trinajstić information content (AvgIpc) is 1.87. The Morgan fingerprint density at radius 2 is 1.90 bits per heavy atom. The molecule has 0 unspecified atom stereocenters. The van der Waals surface area contributed by atoms with Crippen molar-refractivity contribution in [2.45, 2.75) is 6.92 Å². The van der Waals surface area contributed by atoms with Crippen LogP contribution in [0.1, 0.15) is 6.92 Å². The molecule has 0 fully saturated rings. The van der Waals surface area contributed by atoms with Gasteiger partial charge in [-0.2, -0.15) is 13.2 Å². The normalized spacial score (nSPS) is 8.80. The van der Waals surface area contributed by atoms with Gasteiger partial charge in [0.1, 0.15) is 0 Å². The lowest BCUT2D eigenvalue weighted by molar-refractivity contribution is -0.140. The van der Waals surface area contributed by atoms with Crippen molar-refractivity contribution in [1.82, 2.24) is 0 Å². The van der Waals surface area contributed by atoms with Crippen LogP contribution in [0.4, 0.5) is 13.2 Å². The van der Waals surface area contributed by atoms with Gasteiger partial charge < -0.3 is 4.74 Å². The minimum Gasteiger partial charge on any atom is -0.461 e. The van der Waals surface area contributed by atoms with E-state index in [2.05, 4.69) is 4.74 Å². The fourth-order valence-electron chi connectivity index (χ4n) is 0.272. The Kier molecular flexibility index (Phi) is 3.53. The monoisotopic (exact) mass is 154 g/mol. The highest BCUT2D eigenvalue weighted by atomic mass is 19.3. The van der Waals surface area contributed by atoms with E-state index in [9.17, 15) is 18.0 Å². The fourth-order valence-corrected chi connectivity index (χ4v) is 0.272. The minimum absolute atomic E-state index is 0.125. The fraction of sp³-hybridized carbons (Fsp3) is 0.400. The Balaban J connectivity index is 4.09. The maximum atomic E-state index is 11.8. The maximum Gasteiger partial charge on any atom is 0.372 e. The lowest BCUT2D eigenvalue weighted by atomic mass is 10.6. The van der Waals surface area contributed by atoms with E-state index < -0.39 is 17.9 Å². The summed E-state index contributed by atoms with van der Waals surface area (Å²) in [5.41, 5.74) is 0. The van der Waals surface area contributed by atoms with Gasteiger partial charge in [-0.3, -0.25) is 0 Å². The summed E-state index contributed by atoms with van der Waals surface area (Å²) in [6.45, 7) is 1.26. The molecule has 0 radical (unpaired) electrons. The first kappa shape index (κ1) is 9.00. The highest BCUT2D eigenvalue weighted by Gasteiger charge is 2.15. The molecule has 0 rings (SSSR count). The van der Waals surface area contributed by atoms with Crippen LogP contribution in [0.5, 0.6) is 0 Å². The number of hydrogen-bond donors (Lipinski definition) is 0. The van der Waals surface area contributed by atoms with Crippen molar-refractivity contribution in [3.8, 4) is 0 Å².